The summed E-state index contributed by atoms with van der Waals surface area (Å²) in [4.78, 5) is 11.5. The van der Waals surface area contributed by atoms with Gasteiger partial charge in [-0.15, -0.1) is 5.10 Å². The minimum absolute atomic E-state index is 0.199. The number of rotatable bonds is 8. The lowest BCUT2D eigenvalue weighted by Gasteiger charge is -2.27. The molecule has 0 saturated heterocycles. The average Bonchev–Trinajstić information content (AvgIpc) is 2.75. The minimum atomic E-state index is -0.318. The van der Waals surface area contributed by atoms with Crippen LogP contribution in [0.4, 0.5) is 0 Å². The zero-order chi connectivity index (χ0) is 15.4. The Bertz CT molecular complexity index is 450. The molecule has 0 aliphatic carbocycles. The van der Waals surface area contributed by atoms with Gasteiger partial charge in [-0.25, -0.2) is 0 Å². The van der Waals surface area contributed by atoms with E-state index in [0.717, 1.165) is 18.7 Å². The quantitative estimate of drug-likeness (QED) is 0.735. The van der Waals surface area contributed by atoms with Gasteiger partial charge in [-0.3, -0.25) is 9.48 Å². The molecular weight excluding hydrogens is 254 g/mol. The van der Waals surface area contributed by atoms with E-state index in [-0.39, 0.29) is 16.8 Å². The normalized spacial score (nSPS) is 12.7. The maximum atomic E-state index is 11.5. The van der Waals surface area contributed by atoms with Gasteiger partial charge in [0.05, 0.1) is 11.3 Å². The van der Waals surface area contributed by atoms with Crippen molar-refractivity contribution in [1.29, 1.82) is 0 Å². The molecule has 0 atom stereocenters. The average molecular weight is 281 g/mol. The van der Waals surface area contributed by atoms with Crippen LogP contribution in [0.25, 0.3) is 0 Å². The molecule has 0 N–H and O–H groups in total. The van der Waals surface area contributed by atoms with Crippen molar-refractivity contribution in [2.75, 3.05) is 6.61 Å². The highest BCUT2D eigenvalue weighted by atomic mass is 16.5. The van der Waals surface area contributed by atoms with Crippen molar-refractivity contribution < 1.29 is 9.53 Å². The van der Waals surface area contributed by atoms with Gasteiger partial charge >= 0.3 is 0 Å². The first-order chi connectivity index (χ1) is 9.16. The van der Waals surface area contributed by atoms with E-state index in [2.05, 4.69) is 10.3 Å². The number of carbonyl (C=O) groups excluding carboxylic acids is 1. The fraction of sp³-hybridized carbons (Fsp3) is 0.800. The van der Waals surface area contributed by atoms with Gasteiger partial charge in [-0.05, 0) is 34.1 Å². The number of nitrogens with zero attached hydrogens (tertiary/aromatic N) is 3. The Morgan fingerprint density at radius 3 is 2.50 bits per heavy atom. The number of ketones is 1. The van der Waals surface area contributed by atoms with Gasteiger partial charge in [0, 0.05) is 31.2 Å². The molecule has 0 saturated carbocycles. The fourth-order valence-corrected chi connectivity index (χ4v) is 1.82. The van der Waals surface area contributed by atoms with Crippen molar-refractivity contribution in [3.05, 3.63) is 11.9 Å². The highest BCUT2D eigenvalue weighted by Crippen LogP contribution is 2.23. The molecule has 0 radical (unpaired) electrons. The van der Waals surface area contributed by atoms with Crippen LogP contribution < -0.4 is 0 Å². The first kappa shape index (κ1) is 16.8. The Hall–Kier alpha value is -1.23. The molecule has 5 nitrogen and oxygen atoms in total. The molecule has 0 unspecified atom stereocenters. The molecule has 114 valence electrons. The van der Waals surface area contributed by atoms with Gasteiger partial charge in [-0.2, -0.15) is 0 Å². The van der Waals surface area contributed by atoms with Crippen LogP contribution in [0.2, 0.25) is 0 Å². The highest BCUT2D eigenvalue weighted by molar-refractivity contribution is 5.81. The van der Waals surface area contributed by atoms with E-state index in [0.29, 0.717) is 13.0 Å². The summed E-state index contributed by atoms with van der Waals surface area (Å²) in [7, 11) is 0. The van der Waals surface area contributed by atoms with Crippen LogP contribution in [-0.4, -0.2) is 33.0 Å². The molecule has 0 aliphatic rings. The number of hydrogen-bond acceptors (Lipinski definition) is 4. The Morgan fingerprint density at radius 1 is 1.35 bits per heavy atom. The zero-order valence-corrected chi connectivity index (χ0v) is 13.6. The van der Waals surface area contributed by atoms with Gasteiger partial charge in [0.1, 0.15) is 5.78 Å². The maximum Gasteiger partial charge on any atom is 0.135 e. The molecule has 0 aromatic carbocycles. The van der Waals surface area contributed by atoms with Crippen molar-refractivity contribution in [1.82, 2.24) is 15.0 Å². The second-order valence-electron chi connectivity index (χ2n) is 6.54. The number of carbonyl (C=O) groups is 1. The smallest absolute Gasteiger partial charge is 0.135 e. The summed E-state index contributed by atoms with van der Waals surface area (Å²) in [5, 5.41) is 8.16. The Labute approximate surface area is 121 Å². The number of Topliss-reactive ketones (excluding diaryl/α,β-unsaturated/α-hetero) is 1. The molecule has 0 bridgehead atoms. The monoisotopic (exact) mass is 281 g/mol. The summed E-state index contributed by atoms with van der Waals surface area (Å²) >= 11 is 0. The molecule has 0 spiro atoms. The second-order valence-corrected chi connectivity index (χ2v) is 6.54. The molecule has 5 heteroatoms. The summed E-state index contributed by atoms with van der Waals surface area (Å²) in [6.45, 7) is 13.1. The summed E-state index contributed by atoms with van der Waals surface area (Å²) in [6.07, 6.45) is 3.39. The standard InChI is InChI=1S/C15H27N3O2/c1-7-18-11-13(16-17-18)10-15(5,6)20-9-8-14(3,4)12(2)19/h11H,7-10H2,1-6H3. The zero-order valence-electron chi connectivity index (χ0n) is 13.6. The van der Waals surface area contributed by atoms with E-state index in [4.69, 9.17) is 4.74 Å². The van der Waals surface area contributed by atoms with Gasteiger partial charge in [0.2, 0.25) is 0 Å². The van der Waals surface area contributed by atoms with Crippen LogP contribution >= 0.6 is 0 Å². The van der Waals surface area contributed by atoms with Crippen molar-refractivity contribution in [2.45, 2.75) is 66.5 Å². The van der Waals surface area contributed by atoms with E-state index < -0.39 is 0 Å². The van der Waals surface area contributed by atoms with Gasteiger partial charge in [-0.1, -0.05) is 19.1 Å². The Kier molecular flexibility index (Phi) is 5.45. The molecule has 20 heavy (non-hydrogen) atoms. The molecule has 1 aromatic rings. The molecule has 0 fully saturated rings. The predicted molar refractivity (Wildman–Crippen MR) is 78.5 cm³/mol. The lowest BCUT2D eigenvalue weighted by molar-refractivity contribution is -0.126. The third-order valence-electron chi connectivity index (χ3n) is 3.69. The minimum Gasteiger partial charge on any atom is -0.375 e. The summed E-state index contributed by atoms with van der Waals surface area (Å²) in [6, 6.07) is 0. The summed E-state index contributed by atoms with van der Waals surface area (Å²) in [5.41, 5.74) is 0.311. The van der Waals surface area contributed by atoms with Crippen LogP contribution in [0, 0.1) is 5.41 Å². The molecule has 0 amide bonds. The van der Waals surface area contributed by atoms with E-state index >= 15 is 0 Å². The van der Waals surface area contributed by atoms with Crippen LogP contribution in [0.3, 0.4) is 0 Å². The molecule has 1 rings (SSSR count). The first-order valence-corrected chi connectivity index (χ1v) is 7.20. The van der Waals surface area contributed by atoms with Crippen molar-refractivity contribution >= 4 is 5.78 Å². The van der Waals surface area contributed by atoms with Crippen molar-refractivity contribution in [3.8, 4) is 0 Å². The molecule has 1 aromatic heterocycles. The SMILES string of the molecule is CCn1cc(CC(C)(C)OCCC(C)(C)C(C)=O)nn1. The lowest BCUT2D eigenvalue weighted by Crippen LogP contribution is -2.31. The highest BCUT2D eigenvalue weighted by Gasteiger charge is 2.26. The number of ether oxygens (including phenoxy) is 1. The number of aryl methyl sites for hydroxylation is 1. The number of hydrogen-bond donors (Lipinski definition) is 0. The molecule has 1 heterocycles. The second kappa shape index (κ2) is 6.48. The predicted octanol–water partition coefficient (Wildman–Crippen LogP) is 2.64. The summed E-state index contributed by atoms with van der Waals surface area (Å²) < 4.78 is 7.74. The number of aromatic nitrogens is 3. The molecule has 0 aliphatic heterocycles. The topological polar surface area (TPSA) is 57.0 Å². The Morgan fingerprint density at radius 2 is 2.00 bits per heavy atom. The van der Waals surface area contributed by atoms with E-state index in [9.17, 15) is 4.79 Å². The van der Waals surface area contributed by atoms with Crippen molar-refractivity contribution in [3.63, 3.8) is 0 Å². The van der Waals surface area contributed by atoms with Crippen LogP contribution in [0.5, 0.6) is 0 Å². The maximum absolute atomic E-state index is 11.5. The van der Waals surface area contributed by atoms with E-state index in [1.165, 1.54) is 0 Å². The van der Waals surface area contributed by atoms with E-state index in [1.807, 2.05) is 45.5 Å². The van der Waals surface area contributed by atoms with Crippen LogP contribution in [-0.2, 0) is 22.5 Å². The first-order valence-electron chi connectivity index (χ1n) is 7.20. The lowest BCUT2D eigenvalue weighted by atomic mass is 9.86. The van der Waals surface area contributed by atoms with Gasteiger partial charge < -0.3 is 4.74 Å². The van der Waals surface area contributed by atoms with Gasteiger partial charge in [0.25, 0.3) is 0 Å². The molecular formula is C15H27N3O2. The fourth-order valence-electron chi connectivity index (χ4n) is 1.82. The van der Waals surface area contributed by atoms with E-state index in [1.54, 1.807) is 6.92 Å². The third kappa shape index (κ3) is 5.04. The van der Waals surface area contributed by atoms with Crippen LogP contribution in [0.1, 0.15) is 53.7 Å². The van der Waals surface area contributed by atoms with Crippen molar-refractivity contribution in [2.24, 2.45) is 5.41 Å². The van der Waals surface area contributed by atoms with Gasteiger partial charge in [0.15, 0.2) is 0 Å². The van der Waals surface area contributed by atoms with Crippen LogP contribution in [0.15, 0.2) is 6.20 Å². The largest absolute Gasteiger partial charge is 0.375 e. The Balaban J connectivity index is 2.47. The summed E-state index contributed by atoms with van der Waals surface area (Å²) in [5.74, 6) is 0.199. The third-order valence-corrected chi connectivity index (χ3v) is 3.69.